The molecule has 0 radical (unpaired) electrons. The summed E-state index contributed by atoms with van der Waals surface area (Å²) in [6, 6.07) is 0. The number of nitrogens with zero attached hydrogens (tertiary/aromatic N) is 2. The number of hydrazone groups is 1. The summed E-state index contributed by atoms with van der Waals surface area (Å²) >= 11 is 0. The van der Waals surface area contributed by atoms with Gasteiger partial charge in [-0.15, -0.1) is 10.3 Å². The highest BCUT2D eigenvalue weighted by molar-refractivity contribution is 5.70. The highest BCUT2D eigenvalue weighted by Crippen LogP contribution is 1.81. The molecule has 0 spiro atoms. The Morgan fingerprint density at radius 1 is 1.78 bits per heavy atom. The van der Waals surface area contributed by atoms with Gasteiger partial charge in [-0.2, -0.15) is 5.43 Å². The maximum absolute atomic E-state index is 3.92. The molecule has 0 saturated heterocycles. The van der Waals surface area contributed by atoms with E-state index in [9.17, 15) is 0 Å². The third-order valence-electron chi connectivity index (χ3n) is 0.869. The molecule has 0 aliphatic carbocycles. The van der Waals surface area contributed by atoms with Crippen molar-refractivity contribution in [3.63, 3.8) is 0 Å². The van der Waals surface area contributed by atoms with Crippen molar-refractivity contribution < 1.29 is 0 Å². The molecule has 0 bridgehead atoms. The standard InChI is InChI=1S/C5H10N4/c1-2-6-9-7-4-3-5-8-9/h3-7H,2H2,1H3. The maximum Gasteiger partial charge on any atom is 0.0522 e. The van der Waals surface area contributed by atoms with E-state index >= 15 is 0 Å². The lowest BCUT2D eigenvalue weighted by atomic mass is 10.7. The van der Waals surface area contributed by atoms with Crippen LogP contribution in [0.15, 0.2) is 17.4 Å². The first-order valence-corrected chi connectivity index (χ1v) is 2.92. The zero-order valence-electron chi connectivity index (χ0n) is 5.33. The Balaban J connectivity index is 2.28. The van der Waals surface area contributed by atoms with E-state index in [2.05, 4.69) is 16.0 Å². The molecule has 0 saturated carbocycles. The predicted molar refractivity (Wildman–Crippen MR) is 36.3 cm³/mol. The average molecular weight is 126 g/mol. The zero-order valence-corrected chi connectivity index (χ0v) is 5.33. The van der Waals surface area contributed by atoms with Crippen molar-refractivity contribution >= 4 is 6.21 Å². The zero-order chi connectivity index (χ0) is 6.53. The minimum absolute atomic E-state index is 0.859. The van der Waals surface area contributed by atoms with Gasteiger partial charge in [0, 0.05) is 12.7 Å². The van der Waals surface area contributed by atoms with Crippen molar-refractivity contribution in [2.75, 3.05) is 6.54 Å². The van der Waals surface area contributed by atoms with Crippen LogP contribution in [-0.2, 0) is 0 Å². The third kappa shape index (κ3) is 1.73. The molecular formula is C5H10N4. The Kier molecular flexibility index (Phi) is 2.09. The van der Waals surface area contributed by atoms with Crippen LogP contribution in [0.2, 0.25) is 0 Å². The van der Waals surface area contributed by atoms with Crippen molar-refractivity contribution in [2.45, 2.75) is 6.92 Å². The molecule has 50 valence electrons. The van der Waals surface area contributed by atoms with Gasteiger partial charge >= 0.3 is 0 Å². The highest BCUT2D eigenvalue weighted by Gasteiger charge is 1.93. The summed E-state index contributed by atoms with van der Waals surface area (Å²) in [7, 11) is 0. The van der Waals surface area contributed by atoms with Gasteiger partial charge in [-0.25, -0.2) is 0 Å². The van der Waals surface area contributed by atoms with E-state index < -0.39 is 0 Å². The summed E-state index contributed by atoms with van der Waals surface area (Å²) in [5, 5.41) is 5.47. The molecule has 0 fully saturated rings. The van der Waals surface area contributed by atoms with Gasteiger partial charge < -0.3 is 0 Å². The Morgan fingerprint density at radius 3 is 3.22 bits per heavy atom. The maximum atomic E-state index is 3.92. The summed E-state index contributed by atoms with van der Waals surface area (Å²) in [4.78, 5) is 0. The number of nitrogens with one attached hydrogen (secondary N) is 2. The lowest BCUT2D eigenvalue weighted by Gasteiger charge is -2.19. The van der Waals surface area contributed by atoms with E-state index in [1.54, 1.807) is 17.6 Å². The fourth-order valence-corrected chi connectivity index (χ4v) is 0.531. The lowest BCUT2D eigenvalue weighted by Crippen LogP contribution is -2.42. The molecule has 0 aromatic carbocycles. The van der Waals surface area contributed by atoms with Gasteiger partial charge in [0.25, 0.3) is 0 Å². The molecule has 1 aliphatic rings. The van der Waals surface area contributed by atoms with Crippen molar-refractivity contribution in [3.8, 4) is 0 Å². The van der Waals surface area contributed by atoms with Crippen molar-refractivity contribution in [2.24, 2.45) is 5.10 Å². The second-order valence-electron chi connectivity index (χ2n) is 1.58. The van der Waals surface area contributed by atoms with Gasteiger partial charge in [0.15, 0.2) is 0 Å². The second-order valence-corrected chi connectivity index (χ2v) is 1.58. The Labute approximate surface area is 54.2 Å². The third-order valence-corrected chi connectivity index (χ3v) is 0.869. The van der Waals surface area contributed by atoms with Crippen LogP contribution in [0, 0.1) is 0 Å². The van der Waals surface area contributed by atoms with Gasteiger partial charge in [0.05, 0.1) is 6.21 Å². The Morgan fingerprint density at radius 2 is 2.67 bits per heavy atom. The molecular weight excluding hydrogens is 116 g/mol. The van der Waals surface area contributed by atoms with Crippen LogP contribution in [-0.4, -0.2) is 18.0 Å². The number of hydrazine groups is 2. The first-order valence-electron chi connectivity index (χ1n) is 2.92. The topological polar surface area (TPSA) is 39.7 Å². The normalized spacial score (nSPS) is 15.9. The monoisotopic (exact) mass is 126 g/mol. The molecule has 1 rings (SSSR count). The van der Waals surface area contributed by atoms with E-state index in [0.717, 1.165) is 6.54 Å². The summed E-state index contributed by atoms with van der Waals surface area (Å²) < 4.78 is 0. The lowest BCUT2D eigenvalue weighted by molar-refractivity contribution is 0.150. The first-order chi connectivity index (χ1) is 4.43. The number of allylic oxidation sites excluding steroid dienone is 1. The van der Waals surface area contributed by atoms with E-state index in [1.807, 2.05) is 13.0 Å². The van der Waals surface area contributed by atoms with E-state index in [0.29, 0.717) is 0 Å². The van der Waals surface area contributed by atoms with Crippen LogP contribution < -0.4 is 10.9 Å². The minimum atomic E-state index is 0.859. The van der Waals surface area contributed by atoms with E-state index in [-0.39, 0.29) is 0 Å². The summed E-state index contributed by atoms with van der Waals surface area (Å²) in [6.07, 6.45) is 5.34. The van der Waals surface area contributed by atoms with E-state index in [1.165, 1.54) is 0 Å². The molecule has 4 heteroatoms. The van der Waals surface area contributed by atoms with Crippen LogP contribution in [0.1, 0.15) is 6.92 Å². The number of rotatable bonds is 2. The van der Waals surface area contributed by atoms with Crippen molar-refractivity contribution in [1.29, 1.82) is 0 Å². The van der Waals surface area contributed by atoms with Crippen LogP contribution in [0.5, 0.6) is 0 Å². The molecule has 0 atom stereocenters. The molecule has 4 nitrogen and oxygen atoms in total. The van der Waals surface area contributed by atoms with Crippen molar-refractivity contribution in [3.05, 3.63) is 12.3 Å². The van der Waals surface area contributed by atoms with Crippen molar-refractivity contribution in [1.82, 2.24) is 16.1 Å². The summed E-state index contributed by atoms with van der Waals surface area (Å²) in [6.45, 7) is 2.87. The molecule has 0 aromatic rings. The van der Waals surface area contributed by atoms with Gasteiger partial charge in [-0.3, -0.25) is 5.43 Å². The largest absolute Gasteiger partial charge is 0.275 e. The molecule has 1 heterocycles. The molecule has 0 amide bonds. The molecule has 0 unspecified atom stereocenters. The first kappa shape index (κ1) is 6.10. The van der Waals surface area contributed by atoms with Gasteiger partial charge in [-0.1, -0.05) is 6.92 Å². The van der Waals surface area contributed by atoms with Gasteiger partial charge in [-0.05, 0) is 6.08 Å². The number of hydrogen-bond donors (Lipinski definition) is 2. The smallest absolute Gasteiger partial charge is 0.0522 e. The molecule has 1 aliphatic heterocycles. The van der Waals surface area contributed by atoms with Gasteiger partial charge in [0.1, 0.15) is 0 Å². The number of hydrogen-bond acceptors (Lipinski definition) is 4. The molecule has 9 heavy (non-hydrogen) atoms. The fourth-order valence-electron chi connectivity index (χ4n) is 0.531. The van der Waals surface area contributed by atoms with Gasteiger partial charge in [0.2, 0.25) is 0 Å². The second kappa shape index (κ2) is 3.09. The minimum Gasteiger partial charge on any atom is -0.275 e. The fraction of sp³-hybridized carbons (Fsp3) is 0.400. The summed E-state index contributed by atoms with van der Waals surface area (Å²) in [5.41, 5.74) is 5.82. The van der Waals surface area contributed by atoms with Crippen LogP contribution in [0.3, 0.4) is 0 Å². The highest BCUT2D eigenvalue weighted by atomic mass is 15.9. The van der Waals surface area contributed by atoms with Crippen LogP contribution in [0.25, 0.3) is 0 Å². The quantitative estimate of drug-likeness (QED) is 0.539. The predicted octanol–water partition coefficient (Wildman–Crippen LogP) is -0.169. The van der Waals surface area contributed by atoms with Crippen LogP contribution >= 0.6 is 0 Å². The summed E-state index contributed by atoms with van der Waals surface area (Å²) in [5.74, 6) is 0. The Bertz CT molecular complexity index is 129. The van der Waals surface area contributed by atoms with Crippen LogP contribution in [0.4, 0.5) is 0 Å². The SMILES string of the molecule is CCNN1N=CC=CN1. The molecule has 0 aromatic heterocycles. The average Bonchev–Trinajstić information content (AvgIpc) is 1.91. The molecule has 2 N–H and O–H groups in total. The Hall–Kier alpha value is -1.03. The van der Waals surface area contributed by atoms with E-state index in [4.69, 9.17) is 0 Å².